The molecule has 1 saturated carbocycles. The van der Waals surface area contributed by atoms with Gasteiger partial charge in [-0.1, -0.05) is 31.2 Å². The van der Waals surface area contributed by atoms with Crippen LogP contribution in [-0.2, 0) is 15.9 Å². The first-order valence-corrected chi connectivity index (χ1v) is 9.48. The first-order valence-electron chi connectivity index (χ1n) is 9.48. The van der Waals surface area contributed by atoms with E-state index in [1.807, 2.05) is 7.11 Å². The average molecular weight is 316 g/mol. The van der Waals surface area contributed by atoms with Gasteiger partial charge in [0.2, 0.25) is 0 Å². The molecule has 1 aromatic rings. The van der Waals surface area contributed by atoms with Crippen molar-refractivity contribution in [1.29, 1.82) is 0 Å². The van der Waals surface area contributed by atoms with E-state index >= 15 is 0 Å². The van der Waals surface area contributed by atoms with Crippen molar-refractivity contribution in [3.63, 3.8) is 0 Å². The molecule has 2 atom stereocenters. The average Bonchev–Trinajstić information content (AvgIpc) is 2.61. The first-order chi connectivity index (χ1) is 11.2. The Morgan fingerprint density at radius 2 is 1.74 bits per heavy atom. The van der Waals surface area contributed by atoms with Gasteiger partial charge in [0.05, 0.1) is 12.2 Å². The standard InChI is InChI=1S/C21H32O2/c1-16-3-14-21(23-15-16)19-10-6-17(7-11-19)4-5-18-8-12-20(22-2)13-9-18/h6-7,10-11,16,18,20-21H,3-5,8-9,12-15H2,1-2H3. The molecule has 2 heteroatoms. The lowest BCUT2D eigenvalue weighted by Crippen LogP contribution is -2.20. The van der Waals surface area contributed by atoms with Crippen LogP contribution in [0.15, 0.2) is 24.3 Å². The van der Waals surface area contributed by atoms with Crippen molar-refractivity contribution in [2.45, 2.75) is 70.5 Å². The van der Waals surface area contributed by atoms with Crippen LogP contribution >= 0.6 is 0 Å². The van der Waals surface area contributed by atoms with Gasteiger partial charge in [0.25, 0.3) is 0 Å². The maximum Gasteiger partial charge on any atom is 0.0825 e. The molecule has 128 valence electrons. The van der Waals surface area contributed by atoms with Crippen molar-refractivity contribution in [3.05, 3.63) is 35.4 Å². The van der Waals surface area contributed by atoms with E-state index in [9.17, 15) is 0 Å². The van der Waals surface area contributed by atoms with Crippen LogP contribution < -0.4 is 0 Å². The number of methoxy groups -OCH3 is 1. The molecule has 2 fully saturated rings. The number of aryl methyl sites for hydroxylation is 1. The molecule has 2 aliphatic rings. The second kappa shape index (κ2) is 8.30. The third kappa shape index (κ3) is 4.81. The Kier molecular flexibility index (Phi) is 6.13. The van der Waals surface area contributed by atoms with Crippen LogP contribution in [-0.4, -0.2) is 19.8 Å². The quantitative estimate of drug-likeness (QED) is 0.732. The van der Waals surface area contributed by atoms with Crippen LogP contribution in [0.25, 0.3) is 0 Å². The highest BCUT2D eigenvalue weighted by Gasteiger charge is 2.21. The van der Waals surface area contributed by atoms with Crippen molar-refractivity contribution in [2.75, 3.05) is 13.7 Å². The fourth-order valence-electron chi connectivity index (χ4n) is 4.07. The second-order valence-electron chi connectivity index (χ2n) is 7.66. The van der Waals surface area contributed by atoms with Gasteiger partial charge in [0.1, 0.15) is 0 Å². The van der Waals surface area contributed by atoms with E-state index < -0.39 is 0 Å². The molecule has 1 heterocycles. The van der Waals surface area contributed by atoms with Gasteiger partial charge >= 0.3 is 0 Å². The third-order valence-corrected chi connectivity index (χ3v) is 5.82. The highest BCUT2D eigenvalue weighted by atomic mass is 16.5. The van der Waals surface area contributed by atoms with Gasteiger partial charge in [-0.2, -0.15) is 0 Å². The van der Waals surface area contributed by atoms with Crippen molar-refractivity contribution in [1.82, 2.24) is 0 Å². The fraction of sp³-hybridized carbons (Fsp3) is 0.714. The van der Waals surface area contributed by atoms with Gasteiger partial charge < -0.3 is 9.47 Å². The predicted molar refractivity (Wildman–Crippen MR) is 94.6 cm³/mol. The summed E-state index contributed by atoms with van der Waals surface area (Å²) in [5.74, 6) is 1.61. The SMILES string of the molecule is COC1CCC(CCc2ccc(C3CCC(C)CO3)cc2)CC1. The largest absolute Gasteiger partial charge is 0.381 e. The van der Waals surface area contributed by atoms with Gasteiger partial charge in [0, 0.05) is 13.7 Å². The molecule has 23 heavy (non-hydrogen) atoms. The lowest BCUT2D eigenvalue weighted by atomic mass is 9.83. The minimum atomic E-state index is 0.324. The topological polar surface area (TPSA) is 18.5 Å². The molecule has 2 nitrogen and oxygen atoms in total. The van der Waals surface area contributed by atoms with Crippen LogP contribution in [0.5, 0.6) is 0 Å². The Morgan fingerprint density at radius 1 is 1.00 bits per heavy atom. The maximum absolute atomic E-state index is 5.98. The summed E-state index contributed by atoms with van der Waals surface area (Å²) < 4.78 is 11.4. The normalized spacial score (nSPS) is 31.9. The smallest absolute Gasteiger partial charge is 0.0825 e. The van der Waals surface area contributed by atoms with Gasteiger partial charge in [-0.05, 0) is 74.3 Å². The zero-order valence-electron chi connectivity index (χ0n) is 14.8. The molecule has 1 saturated heterocycles. The lowest BCUT2D eigenvalue weighted by Gasteiger charge is -2.28. The summed E-state index contributed by atoms with van der Waals surface area (Å²) in [6.07, 6.45) is 11.0. The highest BCUT2D eigenvalue weighted by molar-refractivity contribution is 5.24. The Bertz CT molecular complexity index is 451. The Morgan fingerprint density at radius 3 is 2.35 bits per heavy atom. The van der Waals surface area contributed by atoms with E-state index in [4.69, 9.17) is 9.47 Å². The van der Waals surface area contributed by atoms with E-state index in [-0.39, 0.29) is 0 Å². The molecule has 2 unspecified atom stereocenters. The van der Waals surface area contributed by atoms with Gasteiger partial charge in [0.15, 0.2) is 0 Å². The molecular formula is C21H32O2. The zero-order valence-corrected chi connectivity index (χ0v) is 14.8. The summed E-state index contributed by atoms with van der Waals surface area (Å²) in [5.41, 5.74) is 2.84. The second-order valence-corrected chi connectivity index (χ2v) is 7.66. The minimum Gasteiger partial charge on any atom is -0.381 e. The zero-order chi connectivity index (χ0) is 16.1. The minimum absolute atomic E-state index is 0.324. The molecular weight excluding hydrogens is 284 g/mol. The summed E-state index contributed by atoms with van der Waals surface area (Å²) in [5, 5.41) is 0. The molecule has 0 amide bonds. The molecule has 0 bridgehead atoms. The van der Waals surface area contributed by atoms with Gasteiger partial charge in [-0.3, -0.25) is 0 Å². The van der Waals surface area contributed by atoms with E-state index in [1.54, 1.807) is 0 Å². The molecule has 1 aromatic carbocycles. The Labute approximate surface area is 141 Å². The molecule has 1 aliphatic heterocycles. The van der Waals surface area contributed by atoms with E-state index in [1.165, 1.54) is 62.5 Å². The summed E-state index contributed by atoms with van der Waals surface area (Å²) in [7, 11) is 1.85. The summed E-state index contributed by atoms with van der Waals surface area (Å²) in [6.45, 7) is 3.19. The first kappa shape index (κ1) is 17.0. The van der Waals surface area contributed by atoms with E-state index in [2.05, 4.69) is 31.2 Å². The van der Waals surface area contributed by atoms with E-state index in [0.29, 0.717) is 12.2 Å². The molecule has 1 aliphatic carbocycles. The van der Waals surface area contributed by atoms with Crippen molar-refractivity contribution in [2.24, 2.45) is 11.8 Å². The van der Waals surface area contributed by atoms with Crippen molar-refractivity contribution < 1.29 is 9.47 Å². The molecule has 0 spiro atoms. The number of hydrogen-bond acceptors (Lipinski definition) is 2. The molecule has 0 aromatic heterocycles. The summed E-state index contributed by atoms with van der Waals surface area (Å²) in [4.78, 5) is 0. The molecule has 0 radical (unpaired) electrons. The molecule has 0 N–H and O–H groups in total. The highest BCUT2D eigenvalue weighted by Crippen LogP contribution is 2.31. The number of rotatable bonds is 5. The Hall–Kier alpha value is -0.860. The number of benzene rings is 1. The van der Waals surface area contributed by atoms with Crippen LogP contribution in [0.1, 0.15) is 69.1 Å². The van der Waals surface area contributed by atoms with Crippen LogP contribution in [0.3, 0.4) is 0 Å². The summed E-state index contributed by atoms with van der Waals surface area (Å²) in [6, 6.07) is 9.21. The summed E-state index contributed by atoms with van der Waals surface area (Å²) >= 11 is 0. The third-order valence-electron chi connectivity index (χ3n) is 5.82. The predicted octanol–water partition coefficient (Wildman–Crippen LogP) is 5.31. The van der Waals surface area contributed by atoms with Crippen LogP contribution in [0, 0.1) is 11.8 Å². The van der Waals surface area contributed by atoms with E-state index in [0.717, 1.165) is 18.4 Å². The monoisotopic (exact) mass is 316 g/mol. The Balaban J connectivity index is 1.44. The number of hydrogen-bond donors (Lipinski definition) is 0. The molecule has 3 rings (SSSR count). The lowest BCUT2D eigenvalue weighted by molar-refractivity contribution is -0.0123. The van der Waals surface area contributed by atoms with Crippen LogP contribution in [0.2, 0.25) is 0 Å². The van der Waals surface area contributed by atoms with Crippen molar-refractivity contribution in [3.8, 4) is 0 Å². The van der Waals surface area contributed by atoms with Crippen molar-refractivity contribution >= 4 is 0 Å². The van der Waals surface area contributed by atoms with Crippen LogP contribution in [0.4, 0.5) is 0 Å². The maximum atomic E-state index is 5.98. The van der Waals surface area contributed by atoms with Gasteiger partial charge in [-0.25, -0.2) is 0 Å². The number of ether oxygens (including phenoxy) is 2. The fourth-order valence-corrected chi connectivity index (χ4v) is 4.07. The van der Waals surface area contributed by atoms with Gasteiger partial charge in [-0.15, -0.1) is 0 Å².